The summed E-state index contributed by atoms with van der Waals surface area (Å²) < 4.78 is 0. The summed E-state index contributed by atoms with van der Waals surface area (Å²) in [6.45, 7) is 0. The van der Waals surface area contributed by atoms with Crippen molar-refractivity contribution >= 4 is 0 Å². The first-order valence-electron chi connectivity index (χ1n) is 18.9. The molecule has 2 fully saturated rings. The molecule has 11 rings (SSSR count). The molecule has 0 radical (unpaired) electrons. The molecule has 6 heteroatoms. The van der Waals surface area contributed by atoms with Gasteiger partial charge in [-0.25, -0.2) is 29.9 Å². The number of benzene rings is 6. The van der Waals surface area contributed by atoms with Crippen molar-refractivity contribution in [1.82, 2.24) is 29.9 Å². The Kier molecular flexibility index (Phi) is 7.24. The van der Waals surface area contributed by atoms with Gasteiger partial charge in [-0.05, 0) is 41.4 Å². The number of hydrogen-bond acceptors (Lipinski definition) is 6. The van der Waals surface area contributed by atoms with E-state index in [1.54, 1.807) is 5.57 Å². The van der Waals surface area contributed by atoms with E-state index in [4.69, 9.17) is 29.9 Å². The van der Waals surface area contributed by atoms with Crippen LogP contribution < -0.4 is 0 Å². The Hall–Kier alpha value is -6.92. The standard InChI is InChI=1S/C49H34N6/c1-4-10-33(11-5-1)43-50-44(34-12-6-2-7-13-34)52-46(51-43)36-20-16-31(17-21-36)32-18-22-37(23-19-32)47-53-45(35-14-8-3-9-15-35)54-48(55-47)38-24-26-41(27-25-38)49-29-39-28-40(30-49)42(39)49/h1-27,29,40,42H,28,30H2. The smallest absolute Gasteiger partial charge is 0.164 e. The molecule has 2 saturated carbocycles. The molecule has 0 bridgehead atoms. The van der Waals surface area contributed by atoms with Crippen LogP contribution in [0.25, 0.3) is 79.5 Å². The van der Waals surface area contributed by atoms with Gasteiger partial charge < -0.3 is 0 Å². The number of nitrogens with zero attached hydrogens (tertiary/aromatic N) is 6. The Morgan fingerprint density at radius 1 is 0.345 bits per heavy atom. The Bertz CT molecular complexity index is 2670. The molecule has 3 aliphatic rings. The molecule has 0 N–H and O–H groups in total. The molecule has 6 nitrogen and oxygen atoms in total. The van der Waals surface area contributed by atoms with Crippen molar-refractivity contribution in [2.24, 2.45) is 11.8 Å². The first-order valence-corrected chi connectivity index (χ1v) is 18.9. The quantitative estimate of drug-likeness (QED) is 0.146. The number of allylic oxidation sites excluding steroid dienone is 2. The Labute approximate surface area is 319 Å². The third-order valence-electron chi connectivity index (χ3n) is 11.6. The minimum Gasteiger partial charge on any atom is -0.208 e. The fraction of sp³-hybridized carbons (Fsp3) is 0.102. The lowest BCUT2D eigenvalue weighted by molar-refractivity contribution is -0.00531. The van der Waals surface area contributed by atoms with Crippen LogP contribution in [-0.4, -0.2) is 29.9 Å². The van der Waals surface area contributed by atoms with Gasteiger partial charge in [0.15, 0.2) is 34.9 Å². The molecule has 3 unspecified atom stereocenters. The average molecular weight is 707 g/mol. The summed E-state index contributed by atoms with van der Waals surface area (Å²) in [6, 6.07) is 56.0. The summed E-state index contributed by atoms with van der Waals surface area (Å²) in [7, 11) is 0. The fourth-order valence-electron chi connectivity index (χ4n) is 8.79. The predicted octanol–water partition coefficient (Wildman–Crippen LogP) is 10.9. The highest BCUT2D eigenvalue weighted by Gasteiger charge is 2.66. The molecule has 3 atom stereocenters. The summed E-state index contributed by atoms with van der Waals surface area (Å²) in [6.07, 6.45) is 5.14. The van der Waals surface area contributed by atoms with Crippen LogP contribution in [0.1, 0.15) is 18.4 Å². The van der Waals surface area contributed by atoms with Crippen LogP contribution >= 0.6 is 0 Å². The Balaban J connectivity index is 0.895. The monoisotopic (exact) mass is 706 g/mol. The minimum atomic E-state index is 0.281. The SMILES string of the molecule is C1=C2CC3CC1(c1ccc(-c4nc(-c5ccccc5)nc(-c5ccc(-c6ccc(-c7nc(-c8ccccc8)nc(-c8ccccc8)n7)cc6)cc5)n4)cc1)C23. The maximum absolute atomic E-state index is 5.03. The summed E-state index contributed by atoms with van der Waals surface area (Å²) in [4.78, 5) is 29.6. The van der Waals surface area contributed by atoms with Gasteiger partial charge in [0.1, 0.15) is 0 Å². The lowest BCUT2D eigenvalue weighted by Gasteiger charge is -2.70. The molecule has 8 aromatic rings. The van der Waals surface area contributed by atoms with Gasteiger partial charge in [0.05, 0.1) is 0 Å². The van der Waals surface area contributed by atoms with E-state index < -0.39 is 0 Å². The lowest BCUT2D eigenvalue weighted by Crippen LogP contribution is -2.64. The van der Waals surface area contributed by atoms with Crippen LogP contribution in [0.3, 0.4) is 0 Å². The van der Waals surface area contributed by atoms with Crippen molar-refractivity contribution in [2.75, 3.05) is 0 Å². The summed E-state index contributed by atoms with van der Waals surface area (Å²) >= 11 is 0. The zero-order valence-electron chi connectivity index (χ0n) is 29.9. The maximum Gasteiger partial charge on any atom is 0.164 e. The van der Waals surface area contributed by atoms with Gasteiger partial charge in [0, 0.05) is 38.8 Å². The third-order valence-corrected chi connectivity index (χ3v) is 11.6. The van der Waals surface area contributed by atoms with Crippen LogP contribution in [0, 0.1) is 11.8 Å². The molecule has 0 spiro atoms. The van der Waals surface area contributed by atoms with E-state index >= 15 is 0 Å². The first kappa shape index (κ1) is 31.6. The zero-order chi connectivity index (χ0) is 36.3. The van der Waals surface area contributed by atoms with E-state index in [0.29, 0.717) is 34.9 Å². The molecule has 0 saturated heterocycles. The van der Waals surface area contributed by atoms with E-state index in [2.05, 4.69) is 78.9 Å². The highest BCUT2D eigenvalue weighted by Crippen LogP contribution is 2.73. The highest BCUT2D eigenvalue weighted by atomic mass is 15.0. The van der Waals surface area contributed by atoms with Crippen LogP contribution in [0.15, 0.2) is 175 Å². The second-order valence-corrected chi connectivity index (χ2v) is 14.8. The molecular weight excluding hydrogens is 673 g/mol. The molecule has 3 aliphatic carbocycles. The van der Waals surface area contributed by atoms with E-state index in [0.717, 1.165) is 56.3 Å². The van der Waals surface area contributed by atoms with E-state index in [-0.39, 0.29) is 5.41 Å². The Morgan fingerprint density at radius 2 is 0.655 bits per heavy atom. The molecule has 2 heterocycles. The van der Waals surface area contributed by atoms with Crippen molar-refractivity contribution in [3.05, 3.63) is 181 Å². The van der Waals surface area contributed by atoms with E-state index in [1.165, 1.54) is 18.4 Å². The molecule has 0 aliphatic heterocycles. The molecule has 55 heavy (non-hydrogen) atoms. The number of aromatic nitrogens is 6. The normalized spacial score (nSPS) is 18.9. The fourth-order valence-corrected chi connectivity index (χ4v) is 8.79. The summed E-state index contributed by atoms with van der Waals surface area (Å²) in [5, 5.41) is 0. The van der Waals surface area contributed by atoms with Crippen molar-refractivity contribution in [3.8, 4) is 79.5 Å². The number of hydrogen-bond donors (Lipinski definition) is 0. The predicted molar refractivity (Wildman–Crippen MR) is 217 cm³/mol. The molecule has 6 aromatic carbocycles. The largest absolute Gasteiger partial charge is 0.208 e. The minimum absolute atomic E-state index is 0.281. The van der Waals surface area contributed by atoms with Crippen LogP contribution in [0.4, 0.5) is 0 Å². The van der Waals surface area contributed by atoms with Gasteiger partial charge in [0.25, 0.3) is 0 Å². The van der Waals surface area contributed by atoms with Crippen molar-refractivity contribution in [2.45, 2.75) is 18.3 Å². The van der Waals surface area contributed by atoms with Crippen LogP contribution in [0.2, 0.25) is 0 Å². The van der Waals surface area contributed by atoms with Gasteiger partial charge >= 0.3 is 0 Å². The Morgan fingerprint density at radius 3 is 0.945 bits per heavy atom. The average Bonchev–Trinajstić information content (AvgIpc) is 3.27. The lowest BCUT2D eigenvalue weighted by atomic mass is 9.34. The summed E-state index contributed by atoms with van der Waals surface area (Å²) in [5.74, 6) is 5.62. The van der Waals surface area contributed by atoms with Gasteiger partial charge in [-0.3, -0.25) is 0 Å². The number of rotatable bonds is 8. The van der Waals surface area contributed by atoms with Crippen molar-refractivity contribution < 1.29 is 0 Å². The van der Waals surface area contributed by atoms with Crippen molar-refractivity contribution in [3.63, 3.8) is 0 Å². The van der Waals surface area contributed by atoms with Gasteiger partial charge in [-0.15, -0.1) is 0 Å². The topological polar surface area (TPSA) is 77.3 Å². The summed E-state index contributed by atoms with van der Waals surface area (Å²) in [5.41, 5.74) is 11.3. The molecular formula is C49H34N6. The molecule has 2 aromatic heterocycles. The second-order valence-electron chi connectivity index (χ2n) is 14.8. The van der Waals surface area contributed by atoms with E-state index in [9.17, 15) is 0 Å². The van der Waals surface area contributed by atoms with Crippen LogP contribution in [0.5, 0.6) is 0 Å². The van der Waals surface area contributed by atoms with Crippen LogP contribution in [-0.2, 0) is 5.41 Å². The van der Waals surface area contributed by atoms with Gasteiger partial charge in [-0.2, -0.15) is 0 Å². The van der Waals surface area contributed by atoms with Gasteiger partial charge in [0.2, 0.25) is 0 Å². The van der Waals surface area contributed by atoms with Crippen molar-refractivity contribution in [1.29, 1.82) is 0 Å². The van der Waals surface area contributed by atoms with Gasteiger partial charge in [-0.1, -0.05) is 175 Å². The van der Waals surface area contributed by atoms with E-state index in [1.807, 2.05) is 91.0 Å². The molecule has 260 valence electrons. The third kappa shape index (κ3) is 5.40. The highest BCUT2D eigenvalue weighted by molar-refractivity contribution is 5.73. The maximum atomic E-state index is 5.03. The second kappa shape index (κ2) is 12.6. The molecule has 0 amide bonds. The first-order chi connectivity index (χ1) is 27.2. The zero-order valence-corrected chi connectivity index (χ0v) is 29.9.